The topological polar surface area (TPSA) is 30.5 Å². The molecule has 114 valence electrons. The smallest absolute Gasteiger partial charge is 0.0833 e. The van der Waals surface area contributed by atoms with Crippen molar-refractivity contribution in [3.05, 3.63) is 0 Å². The lowest BCUT2D eigenvalue weighted by Gasteiger charge is -2.45. The standard InChI is InChI=1S/C16H33NO2/c1-5-12-17-15(14(2)9-13-18-3)16(19-4)10-7-6-8-11-16/h14-15,17H,5-13H2,1-4H3. The molecular formula is C16H33NO2. The van der Waals surface area contributed by atoms with Crippen LogP contribution in [0.3, 0.4) is 0 Å². The zero-order valence-corrected chi connectivity index (χ0v) is 13.3. The zero-order valence-electron chi connectivity index (χ0n) is 13.3. The zero-order chi connectivity index (χ0) is 14.1. The van der Waals surface area contributed by atoms with E-state index in [2.05, 4.69) is 19.2 Å². The van der Waals surface area contributed by atoms with Gasteiger partial charge in [0.15, 0.2) is 0 Å². The number of hydrogen-bond donors (Lipinski definition) is 1. The lowest BCUT2D eigenvalue weighted by Crippen LogP contribution is -2.56. The maximum atomic E-state index is 6.04. The Kier molecular flexibility index (Phi) is 7.96. The van der Waals surface area contributed by atoms with Gasteiger partial charge in [0.25, 0.3) is 0 Å². The summed E-state index contributed by atoms with van der Waals surface area (Å²) in [6, 6.07) is 0.452. The molecule has 19 heavy (non-hydrogen) atoms. The van der Waals surface area contributed by atoms with E-state index in [0.29, 0.717) is 12.0 Å². The fourth-order valence-electron chi connectivity index (χ4n) is 3.47. The van der Waals surface area contributed by atoms with Crippen LogP contribution in [0.5, 0.6) is 0 Å². The van der Waals surface area contributed by atoms with Gasteiger partial charge in [-0.3, -0.25) is 0 Å². The quantitative estimate of drug-likeness (QED) is 0.697. The van der Waals surface area contributed by atoms with Gasteiger partial charge < -0.3 is 14.8 Å². The van der Waals surface area contributed by atoms with E-state index in [4.69, 9.17) is 9.47 Å². The molecule has 0 aromatic rings. The molecule has 1 saturated carbocycles. The minimum absolute atomic E-state index is 0.0422. The van der Waals surface area contributed by atoms with E-state index in [-0.39, 0.29) is 5.60 Å². The minimum Gasteiger partial charge on any atom is -0.385 e. The molecule has 0 bridgehead atoms. The van der Waals surface area contributed by atoms with Crippen molar-refractivity contribution < 1.29 is 9.47 Å². The Balaban J connectivity index is 2.73. The maximum absolute atomic E-state index is 6.04. The van der Waals surface area contributed by atoms with E-state index in [0.717, 1.165) is 19.6 Å². The molecular weight excluding hydrogens is 238 g/mol. The first-order valence-corrected chi connectivity index (χ1v) is 7.97. The van der Waals surface area contributed by atoms with E-state index in [1.54, 1.807) is 7.11 Å². The lowest BCUT2D eigenvalue weighted by atomic mass is 9.74. The van der Waals surface area contributed by atoms with Crippen molar-refractivity contribution in [2.45, 2.75) is 70.4 Å². The molecule has 0 heterocycles. The van der Waals surface area contributed by atoms with Gasteiger partial charge >= 0.3 is 0 Å². The van der Waals surface area contributed by atoms with E-state index >= 15 is 0 Å². The normalized spacial score (nSPS) is 22.1. The Bertz CT molecular complexity index is 227. The fraction of sp³-hybridized carbons (Fsp3) is 1.00. The third-order valence-electron chi connectivity index (χ3n) is 4.63. The van der Waals surface area contributed by atoms with Gasteiger partial charge in [0.2, 0.25) is 0 Å². The first-order chi connectivity index (χ1) is 9.20. The van der Waals surface area contributed by atoms with Crippen LogP contribution in [0.4, 0.5) is 0 Å². The molecule has 3 nitrogen and oxygen atoms in total. The summed E-state index contributed by atoms with van der Waals surface area (Å²) in [5, 5.41) is 3.76. The van der Waals surface area contributed by atoms with Gasteiger partial charge in [0, 0.05) is 26.9 Å². The van der Waals surface area contributed by atoms with Crippen LogP contribution in [0.25, 0.3) is 0 Å². The average molecular weight is 271 g/mol. The summed E-state index contributed by atoms with van der Waals surface area (Å²) >= 11 is 0. The first-order valence-electron chi connectivity index (χ1n) is 7.97. The van der Waals surface area contributed by atoms with E-state index in [9.17, 15) is 0 Å². The van der Waals surface area contributed by atoms with Gasteiger partial charge in [-0.25, -0.2) is 0 Å². The van der Waals surface area contributed by atoms with Crippen LogP contribution in [0.1, 0.15) is 58.8 Å². The van der Waals surface area contributed by atoms with Crippen LogP contribution >= 0.6 is 0 Å². The third-order valence-corrected chi connectivity index (χ3v) is 4.63. The molecule has 2 atom stereocenters. The highest BCUT2D eigenvalue weighted by molar-refractivity contribution is 4.97. The van der Waals surface area contributed by atoms with Crippen molar-refractivity contribution in [2.75, 3.05) is 27.4 Å². The SMILES string of the molecule is CCCNC(C(C)CCOC)C1(OC)CCCCC1. The highest BCUT2D eigenvalue weighted by atomic mass is 16.5. The Hall–Kier alpha value is -0.120. The summed E-state index contributed by atoms with van der Waals surface area (Å²) in [5.74, 6) is 0.588. The van der Waals surface area contributed by atoms with Crippen LogP contribution in [0.15, 0.2) is 0 Å². The van der Waals surface area contributed by atoms with Gasteiger partial charge in [-0.15, -0.1) is 0 Å². The molecule has 3 heteroatoms. The highest BCUT2D eigenvalue weighted by Gasteiger charge is 2.42. The van der Waals surface area contributed by atoms with Crippen molar-refractivity contribution in [3.8, 4) is 0 Å². The summed E-state index contributed by atoms with van der Waals surface area (Å²) in [6.07, 6.45) is 8.63. The predicted octanol–water partition coefficient (Wildman–Crippen LogP) is 3.38. The van der Waals surface area contributed by atoms with E-state index in [1.165, 1.54) is 38.5 Å². The Morgan fingerprint density at radius 1 is 1.16 bits per heavy atom. The molecule has 0 aromatic carbocycles. The second-order valence-corrected chi connectivity index (χ2v) is 6.02. The molecule has 2 unspecified atom stereocenters. The van der Waals surface area contributed by atoms with Crippen LogP contribution in [0, 0.1) is 5.92 Å². The number of rotatable bonds is 9. The summed E-state index contributed by atoms with van der Waals surface area (Å²) in [7, 11) is 3.68. The lowest BCUT2D eigenvalue weighted by molar-refractivity contribution is -0.0819. The third kappa shape index (κ3) is 4.73. The van der Waals surface area contributed by atoms with Crippen LogP contribution in [-0.4, -0.2) is 39.0 Å². The van der Waals surface area contributed by atoms with Crippen molar-refractivity contribution >= 4 is 0 Å². The summed E-state index contributed by atoms with van der Waals surface area (Å²) in [4.78, 5) is 0. The molecule has 0 amide bonds. The highest BCUT2D eigenvalue weighted by Crippen LogP contribution is 2.37. The van der Waals surface area contributed by atoms with Gasteiger partial charge in [-0.2, -0.15) is 0 Å². The van der Waals surface area contributed by atoms with Crippen molar-refractivity contribution in [1.82, 2.24) is 5.32 Å². The van der Waals surface area contributed by atoms with Gasteiger partial charge in [0.05, 0.1) is 5.60 Å². The summed E-state index contributed by atoms with van der Waals surface area (Å²) in [5.41, 5.74) is 0.0422. The molecule has 0 aliphatic heterocycles. The Labute approximate surface area is 119 Å². The van der Waals surface area contributed by atoms with Crippen LogP contribution < -0.4 is 5.32 Å². The molecule has 1 aliphatic carbocycles. The van der Waals surface area contributed by atoms with Gasteiger partial charge in [-0.1, -0.05) is 33.1 Å². The molecule has 0 radical (unpaired) electrons. The second-order valence-electron chi connectivity index (χ2n) is 6.02. The van der Waals surface area contributed by atoms with Gasteiger partial charge in [0.1, 0.15) is 0 Å². The monoisotopic (exact) mass is 271 g/mol. The molecule has 0 spiro atoms. The van der Waals surface area contributed by atoms with Crippen molar-refractivity contribution in [1.29, 1.82) is 0 Å². The van der Waals surface area contributed by atoms with E-state index < -0.39 is 0 Å². The number of hydrogen-bond acceptors (Lipinski definition) is 3. The molecule has 1 rings (SSSR count). The molecule has 0 aromatic heterocycles. The van der Waals surface area contributed by atoms with Gasteiger partial charge in [-0.05, 0) is 38.1 Å². The Morgan fingerprint density at radius 3 is 2.37 bits per heavy atom. The molecule has 1 N–H and O–H groups in total. The van der Waals surface area contributed by atoms with Crippen LogP contribution in [-0.2, 0) is 9.47 Å². The summed E-state index contributed by atoms with van der Waals surface area (Å²) < 4.78 is 11.3. The average Bonchev–Trinajstić information content (AvgIpc) is 2.46. The predicted molar refractivity (Wildman–Crippen MR) is 80.6 cm³/mol. The molecule has 1 aliphatic rings. The number of methoxy groups -OCH3 is 2. The summed E-state index contributed by atoms with van der Waals surface area (Å²) in [6.45, 7) is 6.48. The molecule has 0 saturated heterocycles. The van der Waals surface area contributed by atoms with Crippen LogP contribution in [0.2, 0.25) is 0 Å². The minimum atomic E-state index is 0.0422. The van der Waals surface area contributed by atoms with E-state index in [1.807, 2.05) is 7.11 Å². The number of nitrogens with one attached hydrogen (secondary N) is 1. The largest absolute Gasteiger partial charge is 0.385 e. The Morgan fingerprint density at radius 2 is 1.84 bits per heavy atom. The van der Waals surface area contributed by atoms with Crippen molar-refractivity contribution in [3.63, 3.8) is 0 Å². The maximum Gasteiger partial charge on any atom is 0.0833 e. The molecule has 1 fully saturated rings. The fourth-order valence-corrected chi connectivity index (χ4v) is 3.47. The first kappa shape index (κ1) is 16.9. The second kappa shape index (κ2) is 8.93. The van der Waals surface area contributed by atoms with Crippen molar-refractivity contribution in [2.24, 2.45) is 5.92 Å². The number of ether oxygens (including phenoxy) is 2.